The predicted octanol–water partition coefficient (Wildman–Crippen LogP) is -0.907. The molecule has 5 nitrogen and oxygen atoms in total. The molecule has 0 saturated carbocycles. The monoisotopic (exact) mass is 161 g/mol. The van der Waals surface area contributed by atoms with E-state index in [4.69, 9.17) is 16.0 Å². The van der Waals surface area contributed by atoms with E-state index in [-0.39, 0.29) is 11.9 Å². The Hall–Kier alpha value is -0.810. The van der Waals surface area contributed by atoms with Crippen LogP contribution in [-0.4, -0.2) is 35.3 Å². The standard InChI is InChI=1S/C6H15N3O2/c1-2-5(10)3-8-4-6(7)9-11/h5,8,10-11H,2-4H2,1H3,(H2,7,9). The van der Waals surface area contributed by atoms with Gasteiger partial charge in [0.25, 0.3) is 0 Å². The lowest BCUT2D eigenvalue weighted by Crippen LogP contribution is -2.34. The van der Waals surface area contributed by atoms with Gasteiger partial charge in [0.05, 0.1) is 12.6 Å². The van der Waals surface area contributed by atoms with Gasteiger partial charge < -0.3 is 21.4 Å². The van der Waals surface area contributed by atoms with Crippen molar-refractivity contribution in [3.8, 4) is 0 Å². The molecule has 1 unspecified atom stereocenters. The maximum absolute atomic E-state index is 9.04. The first-order valence-corrected chi connectivity index (χ1v) is 3.55. The van der Waals surface area contributed by atoms with E-state index < -0.39 is 0 Å². The molecule has 0 radical (unpaired) electrons. The number of aliphatic hydroxyl groups is 1. The topological polar surface area (TPSA) is 90.9 Å². The fraction of sp³-hybridized carbons (Fsp3) is 0.833. The molecule has 0 rings (SSSR count). The van der Waals surface area contributed by atoms with Crippen molar-refractivity contribution in [2.45, 2.75) is 19.4 Å². The lowest BCUT2D eigenvalue weighted by atomic mass is 10.3. The zero-order valence-corrected chi connectivity index (χ0v) is 6.62. The molecule has 0 heterocycles. The molecular weight excluding hydrogens is 146 g/mol. The summed E-state index contributed by atoms with van der Waals surface area (Å²) in [5.41, 5.74) is 5.16. The summed E-state index contributed by atoms with van der Waals surface area (Å²) < 4.78 is 0. The Labute approximate surface area is 65.9 Å². The summed E-state index contributed by atoms with van der Waals surface area (Å²) in [6.45, 7) is 2.65. The smallest absolute Gasteiger partial charge is 0.153 e. The minimum absolute atomic E-state index is 0.119. The highest BCUT2D eigenvalue weighted by Gasteiger charge is 1.99. The van der Waals surface area contributed by atoms with Crippen LogP contribution in [0.15, 0.2) is 5.16 Å². The molecule has 5 N–H and O–H groups in total. The summed E-state index contributed by atoms with van der Waals surface area (Å²) in [5.74, 6) is 0.119. The maximum Gasteiger partial charge on any atom is 0.153 e. The second-order valence-electron chi connectivity index (χ2n) is 2.28. The first-order valence-electron chi connectivity index (χ1n) is 3.55. The number of hydrogen-bond acceptors (Lipinski definition) is 4. The van der Waals surface area contributed by atoms with Gasteiger partial charge in [-0.05, 0) is 6.42 Å². The summed E-state index contributed by atoms with van der Waals surface area (Å²) in [5, 5.41) is 22.7. The average Bonchev–Trinajstić information content (AvgIpc) is 2.04. The van der Waals surface area contributed by atoms with Crippen molar-refractivity contribution in [3.05, 3.63) is 0 Å². The molecule has 0 aromatic rings. The van der Waals surface area contributed by atoms with Crippen molar-refractivity contribution in [1.29, 1.82) is 0 Å². The second kappa shape index (κ2) is 5.94. The minimum Gasteiger partial charge on any atom is -0.409 e. The number of hydrogen-bond donors (Lipinski definition) is 4. The van der Waals surface area contributed by atoms with E-state index in [1.807, 2.05) is 6.92 Å². The summed E-state index contributed by atoms with van der Waals surface area (Å²) in [4.78, 5) is 0. The van der Waals surface area contributed by atoms with Crippen LogP contribution >= 0.6 is 0 Å². The third-order valence-electron chi connectivity index (χ3n) is 1.29. The minimum atomic E-state index is -0.360. The molecule has 66 valence electrons. The van der Waals surface area contributed by atoms with E-state index in [1.165, 1.54) is 0 Å². The second-order valence-corrected chi connectivity index (χ2v) is 2.28. The normalized spacial score (nSPS) is 14.9. The summed E-state index contributed by atoms with van der Waals surface area (Å²) in [6.07, 6.45) is 0.338. The highest BCUT2D eigenvalue weighted by atomic mass is 16.4. The lowest BCUT2D eigenvalue weighted by Gasteiger charge is -2.07. The Bertz CT molecular complexity index is 127. The first kappa shape index (κ1) is 10.2. The van der Waals surface area contributed by atoms with Crippen LogP contribution in [0.2, 0.25) is 0 Å². The quantitative estimate of drug-likeness (QED) is 0.182. The first-order chi connectivity index (χ1) is 5.20. The number of aliphatic hydroxyl groups excluding tert-OH is 1. The van der Waals surface area contributed by atoms with Crippen LogP contribution < -0.4 is 11.1 Å². The van der Waals surface area contributed by atoms with Crippen molar-refractivity contribution in [1.82, 2.24) is 5.32 Å². The van der Waals surface area contributed by atoms with Crippen LogP contribution in [0, 0.1) is 0 Å². The van der Waals surface area contributed by atoms with E-state index in [2.05, 4.69) is 10.5 Å². The number of nitrogens with one attached hydrogen (secondary N) is 1. The van der Waals surface area contributed by atoms with Gasteiger partial charge in [0.1, 0.15) is 0 Å². The van der Waals surface area contributed by atoms with Gasteiger partial charge in [0.15, 0.2) is 5.84 Å². The van der Waals surface area contributed by atoms with Crippen molar-refractivity contribution in [2.24, 2.45) is 10.9 Å². The Balaban J connectivity index is 3.27. The van der Waals surface area contributed by atoms with Crippen LogP contribution in [0.3, 0.4) is 0 Å². The molecule has 0 aromatic carbocycles. The van der Waals surface area contributed by atoms with Crippen LogP contribution in [0.5, 0.6) is 0 Å². The largest absolute Gasteiger partial charge is 0.409 e. The molecule has 0 fully saturated rings. The molecule has 0 aliphatic heterocycles. The van der Waals surface area contributed by atoms with E-state index in [0.29, 0.717) is 19.5 Å². The van der Waals surface area contributed by atoms with E-state index in [9.17, 15) is 0 Å². The molecule has 0 aliphatic carbocycles. The number of nitrogens with two attached hydrogens (primary N) is 1. The van der Waals surface area contributed by atoms with E-state index in [1.54, 1.807) is 0 Å². The van der Waals surface area contributed by atoms with Gasteiger partial charge in [-0.15, -0.1) is 0 Å². The summed E-state index contributed by atoms with van der Waals surface area (Å²) >= 11 is 0. The van der Waals surface area contributed by atoms with Gasteiger partial charge in [0, 0.05) is 6.54 Å². The molecule has 11 heavy (non-hydrogen) atoms. The molecule has 0 amide bonds. The van der Waals surface area contributed by atoms with Crippen molar-refractivity contribution in [3.63, 3.8) is 0 Å². The van der Waals surface area contributed by atoms with E-state index in [0.717, 1.165) is 0 Å². The van der Waals surface area contributed by atoms with Gasteiger partial charge in [-0.3, -0.25) is 0 Å². The Morgan fingerprint density at radius 2 is 2.36 bits per heavy atom. The van der Waals surface area contributed by atoms with Crippen molar-refractivity contribution >= 4 is 5.84 Å². The van der Waals surface area contributed by atoms with Gasteiger partial charge in [-0.1, -0.05) is 12.1 Å². The van der Waals surface area contributed by atoms with Gasteiger partial charge >= 0.3 is 0 Å². The molecule has 0 spiro atoms. The fourth-order valence-electron chi connectivity index (χ4n) is 0.547. The SMILES string of the molecule is CCC(O)CNCC(N)=NO. The zero-order chi connectivity index (χ0) is 8.69. The van der Waals surface area contributed by atoms with Crippen LogP contribution in [-0.2, 0) is 0 Å². The molecule has 0 bridgehead atoms. The molecule has 0 aromatic heterocycles. The number of nitrogens with zero attached hydrogens (tertiary/aromatic N) is 1. The van der Waals surface area contributed by atoms with Crippen molar-refractivity contribution < 1.29 is 10.3 Å². The summed E-state index contributed by atoms with van der Waals surface area (Å²) in [6, 6.07) is 0. The Kier molecular flexibility index (Phi) is 5.50. The highest BCUT2D eigenvalue weighted by molar-refractivity contribution is 5.81. The third-order valence-corrected chi connectivity index (χ3v) is 1.29. The Morgan fingerprint density at radius 3 is 2.82 bits per heavy atom. The molecule has 1 atom stereocenters. The zero-order valence-electron chi connectivity index (χ0n) is 6.62. The van der Waals surface area contributed by atoms with Crippen LogP contribution in [0.4, 0.5) is 0 Å². The lowest BCUT2D eigenvalue weighted by molar-refractivity contribution is 0.169. The fourth-order valence-corrected chi connectivity index (χ4v) is 0.547. The van der Waals surface area contributed by atoms with Gasteiger partial charge in [-0.2, -0.15) is 0 Å². The molecule has 0 saturated heterocycles. The Morgan fingerprint density at radius 1 is 1.73 bits per heavy atom. The van der Waals surface area contributed by atoms with Gasteiger partial charge in [-0.25, -0.2) is 0 Å². The number of oxime groups is 1. The van der Waals surface area contributed by atoms with Gasteiger partial charge in [0.2, 0.25) is 0 Å². The predicted molar refractivity (Wildman–Crippen MR) is 42.6 cm³/mol. The van der Waals surface area contributed by atoms with Crippen LogP contribution in [0.1, 0.15) is 13.3 Å². The highest BCUT2D eigenvalue weighted by Crippen LogP contribution is 1.85. The maximum atomic E-state index is 9.04. The molecule has 5 heteroatoms. The molecular formula is C6H15N3O2. The molecule has 0 aliphatic rings. The number of rotatable bonds is 5. The van der Waals surface area contributed by atoms with Crippen molar-refractivity contribution in [2.75, 3.05) is 13.1 Å². The third kappa shape index (κ3) is 5.63. The van der Waals surface area contributed by atoms with Crippen LogP contribution in [0.25, 0.3) is 0 Å². The number of amidine groups is 1. The summed E-state index contributed by atoms with van der Waals surface area (Å²) in [7, 11) is 0. The average molecular weight is 161 g/mol. The van der Waals surface area contributed by atoms with E-state index >= 15 is 0 Å².